The smallest absolute Gasteiger partial charge is 0.252 e. The van der Waals surface area contributed by atoms with E-state index in [-0.39, 0.29) is 26.9 Å². The molecule has 0 saturated heterocycles. The molecule has 17 rings (SSSR count). The molecule has 0 saturated carbocycles. The lowest BCUT2D eigenvalue weighted by molar-refractivity contribution is 0.488. The average molecular weight is 899 g/mol. The topological polar surface area (TPSA) is 19.0 Å². The maximum atomic E-state index is 7.22. The molecule has 326 valence electrons. The summed E-state index contributed by atoms with van der Waals surface area (Å²) in [5.74, 6) is 1.85. The van der Waals surface area contributed by atoms with Crippen molar-refractivity contribution in [1.29, 1.82) is 0 Å². The van der Waals surface area contributed by atoms with Gasteiger partial charge in [0.05, 0.1) is 0 Å². The van der Waals surface area contributed by atoms with Crippen molar-refractivity contribution >= 4 is 144 Å². The summed E-state index contributed by atoms with van der Waals surface area (Å²) in [6.45, 7) is 6.78. The van der Waals surface area contributed by atoms with E-state index in [0.29, 0.717) is 0 Å². The molecule has 0 atom stereocenters. The molecular formula is C63H41B4N3O. The minimum Gasteiger partial charge on any atom is -0.458 e. The summed E-state index contributed by atoms with van der Waals surface area (Å²) in [7, 11) is 0. The van der Waals surface area contributed by atoms with Gasteiger partial charge < -0.3 is 19.4 Å². The molecule has 10 aromatic rings. The highest BCUT2D eigenvalue weighted by atomic mass is 16.5. The lowest BCUT2D eigenvalue weighted by Crippen LogP contribution is -2.75. The number of rotatable bonds is 2. The maximum absolute atomic E-state index is 7.22. The maximum Gasteiger partial charge on any atom is 0.252 e. The summed E-state index contributed by atoms with van der Waals surface area (Å²) in [6.07, 6.45) is 0. The number of anilines is 9. The van der Waals surface area contributed by atoms with E-state index in [1.165, 1.54) is 145 Å². The Labute approximate surface area is 415 Å². The summed E-state index contributed by atoms with van der Waals surface area (Å²) in [6, 6.07) is 73.8. The Balaban J connectivity index is 1.06. The van der Waals surface area contributed by atoms with E-state index < -0.39 is 0 Å². The van der Waals surface area contributed by atoms with Crippen LogP contribution in [0.3, 0.4) is 0 Å². The van der Waals surface area contributed by atoms with Crippen LogP contribution < -0.4 is 85.0 Å². The molecule has 0 amide bonds. The average Bonchev–Trinajstić information content (AvgIpc) is 3.41. The molecule has 7 aliphatic heterocycles. The first kappa shape index (κ1) is 38.5. The largest absolute Gasteiger partial charge is 0.458 e. The molecular weight excluding hydrogens is 858 g/mol. The van der Waals surface area contributed by atoms with E-state index in [1.807, 2.05) is 0 Å². The Morgan fingerprint density at radius 1 is 0.296 bits per heavy atom. The Kier molecular flexibility index (Phi) is 7.32. The molecule has 8 heteroatoms. The molecule has 0 aromatic heterocycles. The Bertz CT molecular complexity index is 4060. The van der Waals surface area contributed by atoms with Crippen LogP contribution in [0.4, 0.5) is 51.2 Å². The van der Waals surface area contributed by atoms with Crippen LogP contribution in [0.2, 0.25) is 0 Å². The van der Waals surface area contributed by atoms with E-state index in [9.17, 15) is 0 Å². The number of fused-ring (bicyclic) bond motifs is 20. The minimum absolute atomic E-state index is 0.0128. The third kappa shape index (κ3) is 4.72. The van der Waals surface area contributed by atoms with Gasteiger partial charge in [0.1, 0.15) is 11.5 Å². The van der Waals surface area contributed by atoms with Crippen molar-refractivity contribution in [3.05, 3.63) is 211 Å². The van der Waals surface area contributed by atoms with Gasteiger partial charge in [0.25, 0.3) is 26.9 Å². The normalized spacial score (nSPS) is 14.6. The molecule has 4 nitrogen and oxygen atoms in total. The summed E-state index contributed by atoms with van der Waals surface area (Å²) in [5.41, 5.74) is 33.8. The summed E-state index contributed by atoms with van der Waals surface area (Å²) >= 11 is 0. The predicted molar refractivity (Wildman–Crippen MR) is 302 cm³/mol. The number of ether oxygens (including phenoxy) is 1. The third-order valence-corrected chi connectivity index (χ3v) is 17.2. The molecule has 0 radical (unpaired) electrons. The van der Waals surface area contributed by atoms with Crippen LogP contribution in [0.25, 0.3) is 11.1 Å². The van der Waals surface area contributed by atoms with Gasteiger partial charge in [-0.25, -0.2) is 0 Å². The molecule has 0 N–H and O–H groups in total. The van der Waals surface area contributed by atoms with Gasteiger partial charge in [-0.15, -0.1) is 0 Å². The Hall–Kier alpha value is -8.34. The van der Waals surface area contributed by atoms with E-state index >= 15 is 0 Å². The zero-order valence-corrected chi connectivity index (χ0v) is 39.5. The molecule has 7 aliphatic rings. The van der Waals surface area contributed by atoms with Gasteiger partial charge in [-0.2, -0.15) is 0 Å². The van der Waals surface area contributed by atoms with E-state index in [0.717, 1.165) is 11.5 Å². The van der Waals surface area contributed by atoms with Gasteiger partial charge in [0.2, 0.25) is 0 Å². The highest BCUT2D eigenvalue weighted by Gasteiger charge is 2.57. The zero-order valence-electron chi connectivity index (χ0n) is 39.5. The SMILES string of the molecule is Cc1cc(C)c(B2c3ccccc3Oc3cc4c(cc32)B2c3ccc(-c5ccccc5)cc3N3c5ccccc5B5c6ccccc6N6c7ccccc7B7c8ccccc8N4c4c7c6c5c3c42)c(C)c1. The van der Waals surface area contributed by atoms with Crippen molar-refractivity contribution in [3.63, 3.8) is 0 Å². The van der Waals surface area contributed by atoms with Crippen LogP contribution in [0.1, 0.15) is 16.7 Å². The number of hydrogen-bond acceptors (Lipinski definition) is 4. The second-order valence-electron chi connectivity index (χ2n) is 20.8. The van der Waals surface area contributed by atoms with Gasteiger partial charge >= 0.3 is 0 Å². The summed E-state index contributed by atoms with van der Waals surface area (Å²) in [4.78, 5) is 8.02. The highest BCUT2D eigenvalue weighted by molar-refractivity contribution is 7.09. The molecule has 7 heterocycles. The fraction of sp³-hybridized carbons (Fsp3) is 0.0476. The first-order valence-electron chi connectivity index (χ1n) is 25.2. The van der Waals surface area contributed by atoms with Gasteiger partial charge in [-0.05, 0) is 128 Å². The molecule has 0 spiro atoms. The third-order valence-electron chi connectivity index (χ3n) is 17.2. The molecule has 10 aromatic carbocycles. The fourth-order valence-electron chi connectivity index (χ4n) is 14.8. The predicted octanol–water partition coefficient (Wildman–Crippen LogP) is 6.74. The molecule has 0 fully saturated rings. The second kappa shape index (κ2) is 13.5. The van der Waals surface area contributed by atoms with E-state index in [2.05, 4.69) is 230 Å². The van der Waals surface area contributed by atoms with Crippen molar-refractivity contribution in [2.24, 2.45) is 0 Å². The molecule has 0 unspecified atom stereocenters. The van der Waals surface area contributed by atoms with E-state index in [4.69, 9.17) is 4.74 Å². The van der Waals surface area contributed by atoms with Crippen LogP contribution in [0.15, 0.2) is 194 Å². The fourth-order valence-corrected chi connectivity index (χ4v) is 14.8. The number of nitrogens with zero attached hydrogens (tertiary/aromatic N) is 3. The minimum atomic E-state index is -0.0770. The summed E-state index contributed by atoms with van der Waals surface area (Å²) < 4.78 is 7.22. The zero-order chi connectivity index (χ0) is 46.5. The quantitative estimate of drug-likeness (QED) is 0.179. The molecule has 71 heavy (non-hydrogen) atoms. The lowest BCUT2D eigenvalue weighted by atomic mass is 9.24. The highest BCUT2D eigenvalue weighted by Crippen LogP contribution is 2.52. The van der Waals surface area contributed by atoms with Crippen molar-refractivity contribution in [2.45, 2.75) is 20.8 Å². The monoisotopic (exact) mass is 899 g/mol. The number of hydrogen-bond donors (Lipinski definition) is 0. The second-order valence-corrected chi connectivity index (χ2v) is 20.8. The standard InChI is InChI=1S/C63H41B4N3O/c1-36-31-37(2)57(38(3)32-36)67-46-23-11-16-28-55(46)71-56-35-54-47(34-48(56)67)66-45-30-29-40(39-17-5-4-6-18-39)33-53(45)69-51-26-14-9-21-43(51)64-41-19-7-12-24-49(41)68-50-25-13-8-20-42(50)65-44-22-10-15-27-52(44)70(54)63-59(65)61(68)58(64)62(69)60(63)66/h4-35H,1-3H3. The van der Waals surface area contributed by atoms with Crippen LogP contribution in [0.5, 0.6) is 11.5 Å². The Morgan fingerprint density at radius 3 is 1.27 bits per heavy atom. The number of para-hydroxylation sites is 5. The van der Waals surface area contributed by atoms with Crippen molar-refractivity contribution in [1.82, 2.24) is 0 Å². The van der Waals surface area contributed by atoms with Gasteiger partial charge in [0, 0.05) is 57.3 Å². The van der Waals surface area contributed by atoms with Crippen LogP contribution in [-0.4, -0.2) is 26.9 Å². The summed E-state index contributed by atoms with van der Waals surface area (Å²) in [5, 5.41) is 0. The van der Waals surface area contributed by atoms with Gasteiger partial charge in [-0.1, -0.05) is 174 Å². The number of benzene rings is 10. The van der Waals surface area contributed by atoms with Crippen LogP contribution >= 0.6 is 0 Å². The van der Waals surface area contributed by atoms with Crippen LogP contribution in [0, 0.1) is 20.8 Å². The van der Waals surface area contributed by atoms with Gasteiger partial charge in [0.15, 0.2) is 0 Å². The van der Waals surface area contributed by atoms with E-state index in [1.54, 1.807) is 0 Å². The van der Waals surface area contributed by atoms with Crippen molar-refractivity contribution in [2.75, 3.05) is 14.7 Å². The lowest BCUT2D eigenvalue weighted by Gasteiger charge is -2.55. The first-order chi connectivity index (χ1) is 35.0. The molecule has 0 bridgehead atoms. The molecule has 0 aliphatic carbocycles. The van der Waals surface area contributed by atoms with Crippen molar-refractivity contribution < 1.29 is 4.74 Å². The van der Waals surface area contributed by atoms with Crippen LogP contribution in [-0.2, 0) is 0 Å². The first-order valence-corrected chi connectivity index (χ1v) is 25.2. The van der Waals surface area contributed by atoms with Crippen molar-refractivity contribution in [3.8, 4) is 22.6 Å². The van der Waals surface area contributed by atoms with Gasteiger partial charge in [-0.3, -0.25) is 0 Å². The number of aryl methyl sites for hydroxylation is 3. The Morgan fingerprint density at radius 2 is 0.718 bits per heavy atom.